The molecular weight excluding hydrogens is 590 g/mol. The fraction of sp³-hybridized carbons (Fsp3) is 0.633. The zero-order chi connectivity index (χ0) is 30.1. The summed E-state index contributed by atoms with van der Waals surface area (Å²) >= 11 is 6.56. The topological polar surface area (TPSA) is 150 Å². The molecule has 1 aliphatic heterocycles. The van der Waals surface area contributed by atoms with E-state index in [9.17, 15) is 13.7 Å². The number of aromatic nitrogens is 2. The number of hydrogen-bond acceptors (Lipinski definition) is 10. The Hall–Kier alpha value is -2.53. The monoisotopic (exact) mass is 631 g/mol. The maximum atomic E-state index is 11.8. The third-order valence-electron chi connectivity index (χ3n) is 8.45. The number of nitrogens with zero attached hydrogens (tertiary/aromatic N) is 3. The molecule has 0 bridgehead atoms. The van der Waals surface area contributed by atoms with Crippen molar-refractivity contribution in [3.8, 4) is 17.3 Å². The summed E-state index contributed by atoms with van der Waals surface area (Å²) in [6, 6.07) is 11.0. The van der Waals surface area contributed by atoms with Crippen molar-refractivity contribution in [2.45, 2.75) is 68.7 Å². The van der Waals surface area contributed by atoms with Gasteiger partial charge in [0.25, 0.3) is 0 Å². The van der Waals surface area contributed by atoms with Crippen LogP contribution in [0.3, 0.4) is 0 Å². The van der Waals surface area contributed by atoms with Gasteiger partial charge in [0.1, 0.15) is 11.6 Å². The summed E-state index contributed by atoms with van der Waals surface area (Å²) in [5, 5.41) is 20.6. The summed E-state index contributed by atoms with van der Waals surface area (Å²) in [4.78, 5) is 9.30. The van der Waals surface area contributed by atoms with Gasteiger partial charge >= 0.3 is 0 Å². The molecule has 3 fully saturated rings. The Bertz CT molecular complexity index is 1350. The van der Waals surface area contributed by atoms with Gasteiger partial charge in [0.05, 0.1) is 40.7 Å². The summed E-state index contributed by atoms with van der Waals surface area (Å²) in [5.74, 6) is 1.47. The predicted molar refractivity (Wildman–Crippen MR) is 167 cm³/mol. The minimum absolute atomic E-state index is 0.194. The molecule has 3 aliphatic rings. The average Bonchev–Trinajstić information content (AvgIpc) is 3.89. The second kappa shape index (κ2) is 15.0. The van der Waals surface area contributed by atoms with Gasteiger partial charge in [-0.1, -0.05) is 17.7 Å². The molecule has 0 atom stereocenters. The van der Waals surface area contributed by atoms with Crippen LogP contribution < -0.4 is 20.7 Å². The van der Waals surface area contributed by atoms with Crippen LogP contribution in [0.4, 0.5) is 11.6 Å². The molecule has 0 amide bonds. The van der Waals surface area contributed by atoms with Gasteiger partial charge < -0.3 is 25.4 Å². The maximum absolute atomic E-state index is 11.8. The first-order valence-corrected chi connectivity index (χ1v) is 17.2. The van der Waals surface area contributed by atoms with E-state index in [0.717, 1.165) is 62.1 Å². The molecule has 0 radical (unpaired) electrons. The maximum Gasteiger partial charge on any atom is 0.214 e. The standard InChI is InChI=1S/C30H42ClN7O4S/c31-26-19-34-29(18-25(26)27-2-1-3-28(38-27)35-21-30(20-32)10-14-41-15-11-30)37-23-6-4-22(5-7-23)33-12-16-42-17-13-36-43(39,40)24-8-9-24/h1-3,18-19,22-24,33,36H,4-17,21H2,(H,34,37)(H,35,38)/t22-,23-. The second-order valence-corrected chi connectivity index (χ2v) is 14.2. The van der Waals surface area contributed by atoms with Crippen LogP contribution in [-0.2, 0) is 19.5 Å². The molecule has 43 heavy (non-hydrogen) atoms. The molecule has 0 spiro atoms. The van der Waals surface area contributed by atoms with Crippen molar-refractivity contribution in [2.24, 2.45) is 5.41 Å². The number of sulfonamides is 1. The Morgan fingerprint density at radius 3 is 2.53 bits per heavy atom. The van der Waals surface area contributed by atoms with Gasteiger partial charge in [-0.2, -0.15) is 5.26 Å². The van der Waals surface area contributed by atoms with Crippen molar-refractivity contribution in [2.75, 3.05) is 56.7 Å². The molecule has 4 N–H and O–H groups in total. The molecule has 1 saturated heterocycles. The summed E-state index contributed by atoms with van der Waals surface area (Å²) in [6.07, 6.45) is 8.75. The van der Waals surface area contributed by atoms with Gasteiger partial charge in [-0.3, -0.25) is 0 Å². The summed E-state index contributed by atoms with van der Waals surface area (Å²) in [5.41, 5.74) is 1.11. The number of hydrogen-bond donors (Lipinski definition) is 4. The van der Waals surface area contributed by atoms with E-state index in [4.69, 9.17) is 26.1 Å². The minimum atomic E-state index is -3.13. The molecule has 13 heteroatoms. The number of nitriles is 1. The largest absolute Gasteiger partial charge is 0.381 e. The molecule has 11 nitrogen and oxygen atoms in total. The van der Waals surface area contributed by atoms with Gasteiger partial charge in [-0.05, 0) is 69.6 Å². The van der Waals surface area contributed by atoms with Crippen molar-refractivity contribution in [3.05, 3.63) is 35.5 Å². The van der Waals surface area contributed by atoms with Crippen LogP contribution in [0.2, 0.25) is 5.02 Å². The van der Waals surface area contributed by atoms with E-state index in [1.54, 1.807) is 6.20 Å². The number of ether oxygens (including phenoxy) is 2. The Morgan fingerprint density at radius 2 is 1.79 bits per heavy atom. The molecule has 0 aromatic carbocycles. The highest BCUT2D eigenvalue weighted by Crippen LogP contribution is 2.32. The van der Waals surface area contributed by atoms with Crippen molar-refractivity contribution in [3.63, 3.8) is 0 Å². The van der Waals surface area contributed by atoms with Crippen molar-refractivity contribution in [1.82, 2.24) is 20.0 Å². The number of pyridine rings is 2. The van der Waals surface area contributed by atoms with Gasteiger partial charge in [0, 0.05) is 56.7 Å². The van der Waals surface area contributed by atoms with Gasteiger partial charge in [0.15, 0.2) is 0 Å². The van der Waals surface area contributed by atoms with E-state index < -0.39 is 15.4 Å². The highest BCUT2D eigenvalue weighted by Gasteiger charge is 2.35. The lowest BCUT2D eigenvalue weighted by Crippen LogP contribution is -2.38. The highest BCUT2D eigenvalue weighted by molar-refractivity contribution is 7.90. The molecular formula is C30H42ClN7O4S. The SMILES string of the molecule is N#CC1(CNc2cccc(-c3cc(N[C@H]4CC[C@H](NCCOCCNS(=O)(=O)C5CC5)CC4)ncc3Cl)n2)CCOCC1. The molecule has 5 rings (SSSR count). The first kappa shape index (κ1) is 31.9. The van der Waals surface area contributed by atoms with Crippen LogP contribution >= 0.6 is 11.6 Å². The third kappa shape index (κ3) is 9.23. The van der Waals surface area contributed by atoms with Crippen LogP contribution in [0.5, 0.6) is 0 Å². The lowest BCUT2D eigenvalue weighted by molar-refractivity contribution is 0.0455. The summed E-state index contributed by atoms with van der Waals surface area (Å²) < 4.78 is 37.3. The van der Waals surface area contributed by atoms with Gasteiger partial charge in [0.2, 0.25) is 10.0 Å². The third-order valence-corrected chi connectivity index (χ3v) is 10.7. The quantitative estimate of drug-likeness (QED) is 0.213. The average molecular weight is 632 g/mol. The highest BCUT2D eigenvalue weighted by atomic mass is 35.5. The molecule has 3 heterocycles. The first-order valence-electron chi connectivity index (χ1n) is 15.3. The summed E-state index contributed by atoms with van der Waals surface area (Å²) in [6.45, 7) is 3.74. The van der Waals surface area contributed by atoms with Crippen LogP contribution in [0.15, 0.2) is 30.5 Å². The van der Waals surface area contributed by atoms with Gasteiger partial charge in [-0.25, -0.2) is 23.1 Å². The number of halogens is 1. The Kier molecular flexibility index (Phi) is 11.1. The van der Waals surface area contributed by atoms with E-state index in [1.807, 2.05) is 24.3 Å². The Morgan fingerprint density at radius 1 is 1.05 bits per heavy atom. The normalized spacial score (nSPS) is 22.0. The number of nitrogens with one attached hydrogen (secondary N) is 4. The smallest absolute Gasteiger partial charge is 0.214 e. The van der Waals surface area contributed by atoms with E-state index in [1.165, 1.54) is 0 Å². The molecule has 2 aromatic rings. The molecule has 2 aromatic heterocycles. The van der Waals surface area contributed by atoms with Crippen molar-refractivity contribution in [1.29, 1.82) is 5.26 Å². The van der Waals surface area contributed by atoms with Gasteiger partial charge in [-0.15, -0.1) is 0 Å². The molecule has 2 saturated carbocycles. The minimum Gasteiger partial charge on any atom is -0.381 e. The van der Waals surface area contributed by atoms with Crippen LogP contribution in [0, 0.1) is 16.7 Å². The zero-order valence-electron chi connectivity index (χ0n) is 24.5. The fourth-order valence-electron chi connectivity index (χ4n) is 5.59. The fourth-order valence-corrected chi connectivity index (χ4v) is 7.15. The predicted octanol–water partition coefficient (Wildman–Crippen LogP) is 3.94. The zero-order valence-corrected chi connectivity index (χ0v) is 26.1. The summed E-state index contributed by atoms with van der Waals surface area (Å²) in [7, 11) is -3.13. The molecule has 234 valence electrons. The molecule has 2 aliphatic carbocycles. The lowest BCUT2D eigenvalue weighted by Gasteiger charge is -2.30. The number of anilines is 2. The second-order valence-electron chi connectivity index (χ2n) is 11.7. The van der Waals surface area contributed by atoms with Crippen LogP contribution in [0.1, 0.15) is 51.4 Å². The van der Waals surface area contributed by atoms with Crippen LogP contribution in [-0.4, -0.2) is 81.8 Å². The number of rotatable bonds is 15. The lowest BCUT2D eigenvalue weighted by atomic mass is 9.82. The van der Waals surface area contributed by atoms with E-state index in [0.29, 0.717) is 75.3 Å². The van der Waals surface area contributed by atoms with E-state index in [2.05, 4.69) is 31.7 Å². The Labute approximate surface area is 259 Å². The van der Waals surface area contributed by atoms with Crippen LogP contribution in [0.25, 0.3) is 11.3 Å². The molecule has 0 unspecified atom stereocenters. The first-order chi connectivity index (χ1) is 20.9. The van der Waals surface area contributed by atoms with E-state index in [-0.39, 0.29) is 5.25 Å². The van der Waals surface area contributed by atoms with Crippen molar-refractivity contribution < 1.29 is 17.9 Å². The van der Waals surface area contributed by atoms with E-state index >= 15 is 0 Å². The van der Waals surface area contributed by atoms with Crippen molar-refractivity contribution >= 4 is 33.3 Å². The Balaban J connectivity index is 1.04.